The first-order chi connectivity index (χ1) is 8.92. The third kappa shape index (κ3) is 4.51. The molecule has 0 aliphatic rings. The van der Waals surface area contributed by atoms with E-state index in [9.17, 15) is 13.2 Å². The van der Waals surface area contributed by atoms with Gasteiger partial charge in [-0.3, -0.25) is 0 Å². The summed E-state index contributed by atoms with van der Waals surface area (Å²) in [5.41, 5.74) is 0.643. The highest BCUT2D eigenvalue weighted by Crippen LogP contribution is 2.23. The number of ether oxygens (including phenoxy) is 1. The molecule has 0 saturated carbocycles. The molecule has 0 spiro atoms. The van der Waals surface area contributed by atoms with Crippen LogP contribution >= 0.6 is 15.9 Å². The van der Waals surface area contributed by atoms with Crippen molar-refractivity contribution in [3.63, 3.8) is 0 Å². The van der Waals surface area contributed by atoms with Gasteiger partial charge in [0.25, 0.3) is 0 Å². The Kier molecular flexibility index (Phi) is 4.04. The molecule has 0 radical (unpaired) electrons. The van der Waals surface area contributed by atoms with Crippen LogP contribution in [0, 0.1) is 0 Å². The summed E-state index contributed by atoms with van der Waals surface area (Å²) in [5, 5.41) is 0. The van der Waals surface area contributed by atoms with Gasteiger partial charge in [-0.25, -0.2) is 9.97 Å². The molecule has 100 valence electrons. The van der Waals surface area contributed by atoms with Gasteiger partial charge in [0.15, 0.2) is 0 Å². The zero-order valence-corrected chi connectivity index (χ0v) is 11.1. The zero-order chi connectivity index (χ0) is 13.9. The molecule has 1 aromatic carbocycles. The first-order valence-corrected chi connectivity index (χ1v) is 6.03. The van der Waals surface area contributed by atoms with E-state index in [0.717, 1.165) is 4.47 Å². The summed E-state index contributed by atoms with van der Waals surface area (Å²) < 4.78 is 40.9. The number of aromatic nitrogens is 2. The first kappa shape index (κ1) is 13.8. The van der Waals surface area contributed by atoms with Gasteiger partial charge in [-0.1, -0.05) is 12.1 Å². The van der Waals surface area contributed by atoms with Gasteiger partial charge >= 0.3 is 6.36 Å². The lowest BCUT2D eigenvalue weighted by atomic mass is 10.1. The molecule has 0 saturated heterocycles. The van der Waals surface area contributed by atoms with E-state index < -0.39 is 6.36 Å². The van der Waals surface area contributed by atoms with Gasteiger partial charge in [0, 0.05) is 18.8 Å². The fraction of sp³-hybridized carbons (Fsp3) is 0.167. The van der Waals surface area contributed by atoms with E-state index >= 15 is 0 Å². The highest BCUT2D eigenvalue weighted by Gasteiger charge is 2.31. The van der Waals surface area contributed by atoms with Crippen molar-refractivity contribution in [3.8, 4) is 5.75 Å². The predicted molar refractivity (Wildman–Crippen MR) is 65.7 cm³/mol. The Labute approximate surface area is 115 Å². The first-order valence-electron chi connectivity index (χ1n) is 5.23. The molecule has 0 N–H and O–H groups in total. The second kappa shape index (κ2) is 5.56. The summed E-state index contributed by atoms with van der Waals surface area (Å²) >= 11 is 3.21. The molecular formula is C12H8BrF3N2O. The molecule has 0 atom stereocenters. The Hall–Kier alpha value is -1.63. The summed E-state index contributed by atoms with van der Waals surface area (Å²) in [5.74, 6) is 0.273. The lowest BCUT2D eigenvalue weighted by molar-refractivity contribution is -0.274. The number of rotatable bonds is 3. The summed E-state index contributed by atoms with van der Waals surface area (Å²) in [6.07, 6.45) is -1.19. The van der Waals surface area contributed by atoms with Gasteiger partial charge in [0.05, 0.1) is 4.47 Å². The maximum absolute atomic E-state index is 12.1. The van der Waals surface area contributed by atoms with Crippen molar-refractivity contribution in [2.24, 2.45) is 0 Å². The Morgan fingerprint density at radius 2 is 1.84 bits per heavy atom. The van der Waals surface area contributed by atoms with Crippen LogP contribution in [0.2, 0.25) is 0 Å². The van der Waals surface area contributed by atoms with Gasteiger partial charge < -0.3 is 4.74 Å². The van der Waals surface area contributed by atoms with Crippen LogP contribution in [-0.2, 0) is 6.42 Å². The molecule has 0 aliphatic heterocycles. The van der Waals surface area contributed by atoms with Crippen molar-refractivity contribution < 1.29 is 17.9 Å². The Balaban J connectivity index is 2.13. The van der Waals surface area contributed by atoms with E-state index in [1.807, 2.05) is 0 Å². The molecule has 0 fully saturated rings. The van der Waals surface area contributed by atoms with Crippen LogP contribution in [0.4, 0.5) is 13.2 Å². The molecule has 0 bridgehead atoms. The number of hydrogen-bond acceptors (Lipinski definition) is 3. The Morgan fingerprint density at radius 3 is 2.47 bits per heavy atom. The average Bonchev–Trinajstić information content (AvgIpc) is 2.30. The van der Waals surface area contributed by atoms with E-state index in [-0.39, 0.29) is 5.75 Å². The second-order valence-electron chi connectivity index (χ2n) is 3.69. The summed E-state index contributed by atoms with van der Waals surface area (Å²) in [4.78, 5) is 8.11. The number of halogens is 4. The third-order valence-electron chi connectivity index (χ3n) is 2.17. The van der Waals surface area contributed by atoms with E-state index in [4.69, 9.17) is 0 Å². The van der Waals surface area contributed by atoms with Gasteiger partial charge in [-0.15, -0.1) is 13.2 Å². The summed E-state index contributed by atoms with van der Waals surface area (Å²) in [6, 6.07) is 5.75. The number of alkyl halides is 3. The quantitative estimate of drug-likeness (QED) is 0.859. The van der Waals surface area contributed by atoms with Crippen LogP contribution in [-0.4, -0.2) is 16.3 Å². The monoisotopic (exact) mass is 332 g/mol. The van der Waals surface area contributed by atoms with Crippen molar-refractivity contribution in [1.82, 2.24) is 9.97 Å². The van der Waals surface area contributed by atoms with Crippen LogP contribution in [0.15, 0.2) is 41.1 Å². The Bertz CT molecular complexity index is 558. The molecule has 1 heterocycles. The largest absolute Gasteiger partial charge is 0.573 e. The molecule has 19 heavy (non-hydrogen) atoms. The molecular weight excluding hydrogens is 325 g/mol. The molecule has 1 aromatic heterocycles. The maximum atomic E-state index is 12.1. The highest BCUT2D eigenvalue weighted by atomic mass is 79.9. The van der Waals surface area contributed by atoms with Crippen LogP contribution in [0.3, 0.4) is 0 Å². The van der Waals surface area contributed by atoms with Crippen molar-refractivity contribution in [3.05, 3.63) is 52.5 Å². The highest BCUT2D eigenvalue weighted by molar-refractivity contribution is 9.10. The van der Waals surface area contributed by atoms with E-state index in [1.165, 1.54) is 18.2 Å². The topological polar surface area (TPSA) is 35.0 Å². The van der Waals surface area contributed by atoms with Gasteiger partial charge in [0.1, 0.15) is 11.6 Å². The molecule has 0 unspecified atom stereocenters. The van der Waals surface area contributed by atoms with Gasteiger partial charge in [-0.05, 0) is 33.6 Å². The van der Waals surface area contributed by atoms with Crippen molar-refractivity contribution in [2.75, 3.05) is 0 Å². The van der Waals surface area contributed by atoms with Crippen molar-refractivity contribution in [2.45, 2.75) is 12.8 Å². The van der Waals surface area contributed by atoms with Gasteiger partial charge in [0.2, 0.25) is 0 Å². The minimum Gasteiger partial charge on any atom is -0.406 e. The number of nitrogens with zero attached hydrogens (tertiary/aromatic N) is 2. The normalized spacial score (nSPS) is 11.4. The van der Waals surface area contributed by atoms with E-state index in [0.29, 0.717) is 17.8 Å². The lowest BCUT2D eigenvalue weighted by Crippen LogP contribution is -2.17. The van der Waals surface area contributed by atoms with Crippen LogP contribution < -0.4 is 4.74 Å². The third-order valence-corrected chi connectivity index (χ3v) is 2.58. The molecule has 7 heteroatoms. The van der Waals surface area contributed by atoms with E-state index in [2.05, 4.69) is 30.6 Å². The molecule has 3 nitrogen and oxygen atoms in total. The minimum absolute atomic E-state index is 0.248. The molecule has 0 amide bonds. The van der Waals surface area contributed by atoms with Crippen LogP contribution in [0.1, 0.15) is 11.4 Å². The molecule has 2 aromatic rings. The standard InChI is InChI=1S/C12H8BrF3N2O/c13-9-6-17-11(18-7-9)5-8-2-1-3-10(4-8)19-12(14,15)16/h1-4,6-7H,5H2. The molecule has 0 aliphatic carbocycles. The summed E-state index contributed by atoms with van der Waals surface area (Å²) in [6.45, 7) is 0. The predicted octanol–water partition coefficient (Wildman–Crippen LogP) is 3.73. The smallest absolute Gasteiger partial charge is 0.406 e. The van der Waals surface area contributed by atoms with E-state index in [1.54, 1.807) is 18.5 Å². The van der Waals surface area contributed by atoms with Crippen molar-refractivity contribution >= 4 is 15.9 Å². The summed E-state index contributed by atoms with van der Waals surface area (Å²) in [7, 11) is 0. The van der Waals surface area contributed by atoms with Crippen molar-refractivity contribution in [1.29, 1.82) is 0 Å². The minimum atomic E-state index is -4.69. The SMILES string of the molecule is FC(F)(F)Oc1cccc(Cc2ncc(Br)cn2)c1. The van der Waals surface area contributed by atoms with Crippen LogP contribution in [0.5, 0.6) is 5.75 Å². The average molecular weight is 333 g/mol. The maximum Gasteiger partial charge on any atom is 0.573 e. The number of hydrogen-bond donors (Lipinski definition) is 0. The molecule has 2 rings (SSSR count). The lowest BCUT2D eigenvalue weighted by Gasteiger charge is -2.09. The fourth-order valence-corrected chi connectivity index (χ4v) is 1.67. The van der Waals surface area contributed by atoms with Crippen LogP contribution in [0.25, 0.3) is 0 Å². The Morgan fingerprint density at radius 1 is 1.16 bits per heavy atom. The second-order valence-corrected chi connectivity index (χ2v) is 4.61. The van der Waals surface area contributed by atoms with Gasteiger partial charge in [-0.2, -0.15) is 0 Å². The zero-order valence-electron chi connectivity index (χ0n) is 9.49. The fourth-order valence-electron chi connectivity index (χ4n) is 1.47. The number of benzene rings is 1.